The van der Waals surface area contributed by atoms with Crippen LogP contribution in [0, 0.1) is 11.8 Å². The molecule has 0 heterocycles. The molecule has 0 aliphatic heterocycles. The largest absolute Gasteiger partial charge is 0.444 e. The Labute approximate surface area is 306 Å². The third-order valence-electron chi connectivity index (χ3n) is 8.69. The normalized spacial score (nSPS) is 14.4. The molecule has 4 aromatic carbocycles. The predicted octanol–water partition coefficient (Wildman–Crippen LogP) is 5.76. The van der Waals surface area contributed by atoms with Gasteiger partial charge in [0.05, 0.1) is 12.1 Å². The van der Waals surface area contributed by atoms with Crippen molar-refractivity contribution in [3.05, 3.63) is 120 Å². The Morgan fingerprint density at radius 2 is 1.25 bits per heavy atom. The van der Waals surface area contributed by atoms with Gasteiger partial charge in [-0.2, -0.15) is 0 Å². The molecule has 0 unspecified atom stereocenters. The van der Waals surface area contributed by atoms with Crippen LogP contribution in [0.3, 0.4) is 0 Å². The lowest BCUT2D eigenvalue weighted by Gasteiger charge is -2.30. The summed E-state index contributed by atoms with van der Waals surface area (Å²) < 4.78 is 5.56. The highest BCUT2D eigenvalue weighted by atomic mass is 16.6. The number of hydrogen-bond donors (Lipinski definition) is 5. The maximum absolute atomic E-state index is 14.2. The van der Waals surface area contributed by atoms with Crippen molar-refractivity contribution in [2.45, 2.75) is 90.1 Å². The molecule has 0 spiro atoms. The Kier molecular flexibility index (Phi) is 13.9. The molecule has 4 rings (SSSR count). The van der Waals surface area contributed by atoms with E-state index in [0.29, 0.717) is 12.0 Å². The summed E-state index contributed by atoms with van der Waals surface area (Å²) >= 11 is 0. The molecule has 0 aliphatic rings. The number of aliphatic hydroxyl groups excluding tert-OH is 1. The third kappa shape index (κ3) is 12.2. The van der Waals surface area contributed by atoms with E-state index in [9.17, 15) is 24.3 Å². The molecule has 10 nitrogen and oxygen atoms in total. The average Bonchev–Trinajstić information content (AvgIpc) is 3.09. The Hall–Kier alpha value is -5.22. The van der Waals surface area contributed by atoms with E-state index < -0.39 is 59.6 Å². The molecule has 4 aromatic rings. The summed E-state index contributed by atoms with van der Waals surface area (Å²) in [5.41, 5.74) is 7.24. The number of carbonyl (C=O) groups excluding carboxylic acids is 4. The van der Waals surface area contributed by atoms with Crippen LogP contribution >= 0.6 is 0 Å². The number of hydrogen-bond acceptors (Lipinski definition) is 6. The van der Waals surface area contributed by atoms with Crippen molar-refractivity contribution in [2.75, 3.05) is 0 Å². The van der Waals surface area contributed by atoms with Crippen molar-refractivity contribution in [1.29, 1.82) is 0 Å². The highest BCUT2D eigenvalue weighted by Gasteiger charge is 2.33. The van der Waals surface area contributed by atoms with Gasteiger partial charge in [-0.05, 0) is 79.5 Å². The minimum atomic E-state index is -1.23. The van der Waals surface area contributed by atoms with Crippen LogP contribution in [0.25, 0.3) is 10.8 Å². The zero-order valence-electron chi connectivity index (χ0n) is 30.7. The number of nitrogens with one attached hydrogen (secondary N) is 3. The van der Waals surface area contributed by atoms with Gasteiger partial charge < -0.3 is 31.5 Å². The number of fused-ring (bicyclic) bond motifs is 1. The smallest absolute Gasteiger partial charge is 0.408 e. The first kappa shape index (κ1) is 39.6. The van der Waals surface area contributed by atoms with Crippen LogP contribution in [-0.2, 0) is 32.0 Å². The van der Waals surface area contributed by atoms with Crippen LogP contribution < -0.4 is 21.7 Å². The average molecular weight is 709 g/mol. The van der Waals surface area contributed by atoms with Crippen LogP contribution in [-0.4, -0.2) is 52.7 Å². The van der Waals surface area contributed by atoms with E-state index in [4.69, 9.17) is 10.5 Å². The number of aliphatic hydroxyl groups is 1. The molecule has 276 valence electrons. The van der Waals surface area contributed by atoms with E-state index in [-0.39, 0.29) is 25.2 Å². The maximum atomic E-state index is 14.2. The maximum Gasteiger partial charge on any atom is 0.408 e. The summed E-state index contributed by atoms with van der Waals surface area (Å²) in [4.78, 5) is 53.4. The number of amides is 4. The summed E-state index contributed by atoms with van der Waals surface area (Å²) in [7, 11) is 0. The number of benzene rings is 4. The molecule has 10 heteroatoms. The second-order valence-electron chi connectivity index (χ2n) is 14.8. The SMILES string of the molecule is CC(C)C[C@H](NC(=O)[C@H](Cc1ccccc1)C[C@@H](O)[C@@H](NC(=O)OC(C)(C)C)c1ccc2ccccc2c1)C(=O)N[C@@H](Cc1ccccc1)C(N)=O. The third-order valence-corrected chi connectivity index (χ3v) is 8.69. The standard InChI is InChI=1S/C42H52N4O6/c1-27(2)22-35(40(50)44-34(38(43)48)24-29-16-10-7-11-17-29)45-39(49)33(23-28-14-8-6-9-15-28)26-36(47)37(46-41(51)52-42(3,4)5)32-21-20-30-18-12-13-19-31(30)25-32/h6-21,25,27,33-37,47H,22-24,26H2,1-5H3,(H2,43,48)(H,44,50)(H,45,49)(H,46,51)/t33-,34+,35+,36-,37+/m1/s1. The first-order valence-electron chi connectivity index (χ1n) is 17.8. The fraction of sp³-hybridized carbons (Fsp3) is 0.381. The molecular weight excluding hydrogens is 656 g/mol. The van der Waals surface area contributed by atoms with Crippen molar-refractivity contribution >= 4 is 34.6 Å². The Bertz CT molecular complexity index is 1790. The first-order valence-corrected chi connectivity index (χ1v) is 17.8. The fourth-order valence-electron chi connectivity index (χ4n) is 6.18. The minimum Gasteiger partial charge on any atom is -0.444 e. The Morgan fingerprint density at radius 3 is 1.83 bits per heavy atom. The molecule has 4 amide bonds. The van der Waals surface area contributed by atoms with Gasteiger partial charge >= 0.3 is 6.09 Å². The van der Waals surface area contributed by atoms with Crippen molar-refractivity contribution in [2.24, 2.45) is 17.6 Å². The van der Waals surface area contributed by atoms with Crippen LogP contribution in [0.4, 0.5) is 4.79 Å². The summed E-state index contributed by atoms with van der Waals surface area (Å²) in [6.07, 6.45) is -1.23. The molecule has 0 fully saturated rings. The summed E-state index contributed by atoms with van der Waals surface area (Å²) in [5.74, 6) is -2.45. The second kappa shape index (κ2) is 18.3. The molecule has 0 radical (unpaired) electrons. The zero-order chi connectivity index (χ0) is 37.8. The molecule has 0 aromatic heterocycles. The van der Waals surface area contributed by atoms with Gasteiger partial charge in [0, 0.05) is 12.3 Å². The molecule has 5 atom stereocenters. The van der Waals surface area contributed by atoms with Crippen LogP contribution in [0.2, 0.25) is 0 Å². The first-order chi connectivity index (χ1) is 24.7. The van der Waals surface area contributed by atoms with E-state index in [1.165, 1.54) is 0 Å². The zero-order valence-corrected chi connectivity index (χ0v) is 30.7. The molecule has 0 aliphatic carbocycles. The Morgan fingerprint density at radius 1 is 0.692 bits per heavy atom. The van der Waals surface area contributed by atoms with Crippen LogP contribution in [0.5, 0.6) is 0 Å². The topological polar surface area (TPSA) is 160 Å². The summed E-state index contributed by atoms with van der Waals surface area (Å²) in [6, 6.07) is 29.2. The summed E-state index contributed by atoms with van der Waals surface area (Å²) in [5, 5.41) is 22.4. The fourth-order valence-corrected chi connectivity index (χ4v) is 6.18. The molecular formula is C42H52N4O6. The molecule has 0 saturated carbocycles. The monoisotopic (exact) mass is 708 g/mol. The van der Waals surface area contributed by atoms with Gasteiger partial charge in [-0.1, -0.05) is 111 Å². The molecule has 6 N–H and O–H groups in total. The highest BCUT2D eigenvalue weighted by molar-refractivity contribution is 5.92. The molecule has 52 heavy (non-hydrogen) atoms. The molecule has 0 saturated heterocycles. The minimum absolute atomic E-state index is 0.0191. The van der Waals surface area contributed by atoms with Gasteiger partial charge in [0.1, 0.15) is 17.7 Å². The lowest BCUT2D eigenvalue weighted by atomic mass is 9.87. The van der Waals surface area contributed by atoms with Gasteiger partial charge in [0.25, 0.3) is 0 Å². The van der Waals surface area contributed by atoms with E-state index in [0.717, 1.165) is 21.9 Å². The van der Waals surface area contributed by atoms with Gasteiger partial charge in [-0.3, -0.25) is 14.4 Å². The lowest BCUT2D eigenvalue weighted by Crippen LogP contribution is -2.55. The number of alkyl carbamates (subject to hydrolysis) is 1. The van der Waals surface area contributed by atoms with Gasteiger partial charge in [-0.15, -0.1) is 0 Å². The predicted molar refractivity (Wildman–Crippen MR) is 203 cm³/mol. The number of primary amides is 1. The number of ether oxygens (including phenoxy) is 1. The van der Waals surface area contributed by atoms with Gasteiger partial charge in [0.2, 0.25) is 17.7 Å². The van der Waals surface area contributed by atoms with Crippen molar-refractivity contribution in [1.82, 2.24) is 16.0 Å². The van der Waals surface area contributed by atoms with Crippen LogP contribution in [0.15, 0.2) is 103 Å². The van der Waals surface area contributed by atoms with E-state index >= 15 is 0 Å². The van der Waals surface area contributed by atoms with Crippen LogP contribution in [0.1, 0.15) is 70.2 Å². The second-order valence-corrected chi connectivity index (χ2v) is 14.8. The molecule has 0 bridgehead atoms. The van der Waals surface area contributed by atoms with E-state index in [1.54, 1.807) is 20.8 Å². The highest BCUT2D eigenvalue weighted by Crippen LogP contribution is 2.28. The number of nitrogens with two attached hydrogens (primary N) is 1. The van der Waals surface area contributed by atoms with Gasteiger partial charge in [0.15, 0.2) is 0 Å². The number of carbonyl (C=O) groups is 4. The van der Waals surface area contributed by atoms with Crippen molar-refractivity contribution < 1.29 is 29.0 Å². The lowest BCUT2D eigenvalue weighted by molar-refractivity contribution is -0.133. The van der Waals surface area contributed by atoms with E-state index in [1.807, 2.05) is 117 Å². The quantitative estimate of drug-likeness (QED) is 0.0996. The van der Waals surface area contributed by atoms with Crippen molar-refractivity contribution in [3.63, 3.8) is 0 Å². The summed E-state index contributed by atoms with van der Waals surface area (Å²) in [6.45, 7) is 9.13. The van der Waals surface area contributed by atoms with E-state index in [2.05, 4.69) is 16.0 Å². The number of rotatable bonds is 16. The van der Waals surface area contributed by atoms with Gasteiger partial charge in [-0.25, -0.2) is 4.79 Å². The van der Waals surface area contributed by atoms with Crippen molar-refractivity contribution in [3.8, 4) is 0 Å². The Balaban J connectivity index is 1.61.